The number of hydrogen-bond donors (Lipinski definition) is 2. The largest absolute Gasteiger partial charge is 0.505 e. The normalized spacial score (nSPS) is 22.9. The first-order valence-corrected chi connectivity index (χ1v) is 7.95. The summed E-state index contributed by atoms with van der Waals surface area (Å²) in [5, 5.41) is 19.4. The number of aromatic hydroxyl groups is 1. The van der Waals surface area contributed by atoms with Gasteiger partial charge in [-0.1, -0.05) is 23.2 Å². The molecule has 0 spiro atoms. The van der Waals surface area contributed by atoms with Crippen LogP contribution in [0, 0.1) is 0 Å². The molecule has 2 rings (SSSR count). The summed E-state index contributed by atoms with van der Waals surface area (Å²) < 4.78 is 0. The molecule has 0 saturated carbocycles. The van der Waals surface area contributed by atoms with Gasteiger partial charge in [0.25, 0.3) is 5.91 Å². The van der Waals surface area contributed by atoms with Crippen LogP contribution in [0.1, 0.15) is 24.2 Å². The summed E-state index contributed by atoms with van der Waals surface area (Å²) in [5.74, 6) is -0.546. The van der Waals surface area contributed by atoms with E-state index in [0.717, 1.165) is 0 Å². The van der Waals surface area contributed by atoms with Gasteiger partial charge in [-0.05, 0) is 26.0 Å². The van der Waals surface area contributed by atoms with Crippen LogP contribution in [0.25, 0.3) is 0 Å². The summed E-state index contributed by atoms with van der Waals surface area (Å²) >= 11 is 11.7. The lowest BCUT2D eigenvalue weighted by atomic mass is 10.1. The minimum absolute atomic E-state index is 0.00692. The number of piperazine rings is 1. The van der Waals surface area contributed by atoms with E-state index < -0.39 is 0 Å². The first kappa shape index (κ1) is 17.3. The van der Waals surface area contributed by atoms with Crippen molar-refractivity contribution >= 4 is 29.1 Å². The lowest BCUT2D eigenvalue weighted by Gasteiger charge is -2.44. The van der Waals surface area contributed by atoms with Crippen molar-refractivity contribution in [1.82, 2.24) is 9.80 Å². The van der Waals surface area contributed by atoms with Crippen LogP contribution in [0.5, 0.6) is 5.75 Å². The van der Waals surface area contributed by atoms with Gasteiger partial charge in [0.1, 0.15) is 10.8 Å². The van der Waals surface area contributed by atoms with Gasteiger partial charge in [0.15, 0.2) is 0 Å². The predicted octanol–water partition coefficient (Wildman–Crippen LogP) is 2.23. The van der Waals surface area contributed by atoms with E-state index in [0.29, 0.717) is 19.6 Å². The first-order valence-electron chi connectivity index (χ1n) is 7.19. The number of carbonyl (C=O) groups is 1. The van der Waals surface area contributed by atoms with Gasteiger partial charge in [0, 0.05) is 31.7 Å². The summed E-state index contributed by atoms with van der Waals surface area (Å²) in [7, 11) is 0. The Morgan fingerprint density at radius 3 is 2.41 bits per heavy atom. The van der Waals surface area contributed by atoms with Gasteiger partial charge in [-0.3, -0.25) is 9.69 Å². The van der Waals surface area contributed by atoms with Crippen molar-refractivity contribution in [2.24, 2.45) is 0 Å². The highest BCUT2D eigenvalue weighted by Gasteiger charge is 2.32. The third-order valence-electron chi connectivity index (χ3n) is 4.05. The molecule has 0 unspecified atom stereocenters. The van der Waals surface area contributed by atoms with Crippen molar-refractivity contribution in [2.45, 2.75) is 25.9 Å². The van der Waals surface area contributed by atoms with Crippen molar-refractivity contribution in [3.63, 3.8) is 0 Å². The fraction of sp³-hybridized carbons (Fsp3) is 0.533. The van der Waals surface area contributed by atoms with Crippen molar-refractivity contribution in [3.8, 4) is 5.75 Å². The lowest BCUT2D eigenvalue weighted by Crippen LogP contribution is -2.58. The molecule has 1 heterocycles. The fourth-order valence-electron chi connectivity index (χ4n) is 2.96. The first-order chi connectivity index (χ1) is 10.4. The molecule has 1 fully saturated rings. The van der Waals surface area contributed by atoms with E-state index in [-0.39, 0.29) is 46.0 Å². The second kappa shape index (κ2) is 7.04. The zero-order valence-electron chi connectivity index (χ0n) is 12.6. The topological polar surface area (TPSA) is 64.0 Å². The van der Waals surface area contributed by atoms with Gasteiger partial charge in [-0.2, -0.15) is 0 Å². The number of aliphatic hydroxyl groups is 1. The number of hydrogen-bond acceptors (Lipinski definition) is 4. The Bertz CT molecular complexity index is 556. The average molecular weight is 347 g/mol. The zero-order chi connectivity index (χ0) is 16.4. The van der Waals surface area contributed by atoms with Crippen LogP contribution in [-0.4, -0.2) is 64.2 Å². The van der Waals surface area contributed by atoms with Gasteiger partial charge >= 0.3 is 0 Å². The van der Waals surface area contributed by atoms with Gasteiger partial charge < -0.3 is 15.1 Å². The molecule has 5 nitrogen and oxygen atoms in total. The fourth-order valence-corrected chi connectivity index (χ4v) is 3.28. The molecule has 0 aromatic heterocycles. The molecular weight excluding hydrogens is 327 g/mol. The minimum Gasteiger partial charge on any atom is -0.505 e. The Kier molecular flexibility index (Phi) is 5.55. The maximum absolute atomic E-state index is 12.6. The quantitative estimate of drug-likeness (QED) is 0.880. The van der Waals surface area contributed by atoms with E-state index in [9.17, 15) is 9.90 Å². The second-order valence-corrected chi connectivity index (χ2v) is 6.41. The maximum atomic E-state index is 12.6. The van der Waals surface area contributed by atoms with Crippen LogP contribution < -0.4 is 0 Å². The van der Waals surface area contributed by atoms with Crippen LogP contribution in [0.2, 0.25) is 10.0 Å². The molecule has 122 valence electrons. The molecular formula is C15H20Cl2N2O3. The van der Waals surface area contributed by atoms with Crippen LogP contribution in [0.4, 0.5) is 0 Å². The van der Waals surface area contributed by atoms with Crippen molar-refractivity contribution in [3.05, 3.63) is 27.7 Å². The van der Waals surface area contributed by atoms with Crippen molar-refractivity contribution in [1.29, 1.82) is 0 Å². The van der Waals surface area contributed by atoms with Gasteiger partial charge in [0.2, 0.25) is 0 Å². The zero-order valence-corrected chi connectivity index (χ0v) is 14.1. The van der Waals surface area contributed by atoms with Crippen LogP contribution >= 0.6 is 23.2 Å². The SMILES string of the molecule is C[C@@H]1CN(C(=O)c2ccc(Cl)c(Cl)c2O)C[C@H](C)N1CCO. The lowest BCUT2D eigenvalue weighted by molar-refractivity contribution is 0.0235. The highest BCUT2D eigenvalue weighted by molar-refractivity contribution is 6.43. The smallest absolute Gasteiger partial charge is 0.257 e. The second-order valence-electron chi connectivity index (χ2n) is 5.63. The number of carbonyl (C=O) groups excluding carboxylic acids is 1. The molecule has 7 heteroatoms. The number of phenolic OH excluding ortho intramolecular Hbond substituents is 1. The molecule has 2 N–H and O–H groups in total. The van der Waals surface area contributed by atoms with Gasteiger partial charge in [-0.25, -0.2) is 0 Å². The van der Waals surface area contributed by atoms with Gasteiger partial charge in [-0.15, -0.1) is 0 Å². The van der Waals surface area contributed by atoms with Gasteiger partial charge in [0.05, 0.1) is 17.2 Å². The van der Waals surface area contributed by atoms with Crippen LogP contribution in [0.3, 0.4) is 0 Å². The number of amides is 1. The van der Waals surface area contributed by atoms with E-state index in [2.05, 4.69) is 4.90 Å². The van der Waals surface area contributed by atoms with Crippen molar-refractivity contribution < 1.29 is 15.0 Å². The van der Waals surface area contributed by atoms with Crippen LogP contribution in [-0.2, 0) is 0 Å². The Labute approximate surface area is 140 Å². The number of β-amino-alcohol motifs (C(OH)–C–C–N with tert-alkyl or cyclic N) is 1. The van der Waals surface area contributed by atoms with E-state index in [1.54, 1.807) is 4.90 Å². The monoisotopic (exact) mass is 346 g/mol. The third kappa shape index (κ3) is 3.33. The number of benzene rings is 1. The standard InChI is InChI=1S/C15H20Cl2N2O3/c1-9-7-18(8-10(2)19(9)5-6-20)15(22)11-3-4-12(16)13(17)14(11)21/h3-4,9-10,20-21H,5-8H2,1-2H3/t9-,10+. The predicted molar refractivity (Wildman–Crippen MR) is 86.7 cm³/mol. The van der Waals surface area contributed by atoms with Crippen molar-refractivity contribution in [2.75, 3.05) is 26.2 Å². The summed E-state index contributed by atoms with van der Waals surface area (Å²) in [4.78, 5) is 16.5. The number of nitrogens with zero attached hydrogens (tertiary/aromatic N) is 2. The molecule has 1 aliphatic rings. The van der Waals surface area contributed by atoms with E-state index in [1.807, 2.05) is 13.8 Å². The Balaban J connectivity index is 2.19. The third-order valence-corrected chi connectivity index (χ3v) is 4.84. The highest BCUT2D eigenvalue weighted by atomic mass is 35.5. The van der Waals surface area contributed by atoms with Crippen LogP contribution in [0.15, 0.2) is 12.1 Å². The molecule has 1 aromatic carbocycles. The highest BCUT2D eigenvalue weighted by Crippen LogP contribution is 2.35. The Hall–Kier alpha value is -1.01. The number of phenols is 1. The van der Waals surface area contributed by atoms with E-state index in [4.69, 9.17) is 28.3 Å². The van der Waals surface area contributed by atoms with E-state index >= 15 is 0 Å². The molecule has 1 aliphatic heterocycles. The molecule has 1 aromatic rings. The summed E-state index contributed by atoms with van der Waals surface area (Å²) in [5.41, 5.74) is 0.157. The Morgan fingerprint density at radius 2 is 1.86 bits per heavy atom. The molecule has 0 aliphatic carbocycles. The number of halogens is 2. The molecule has 2 atom stereocenters. The summed E-state index contributed by atoms with van der Waals surface area (Å²) in [6.45, 7) is 5.77. The average Bonchev–Trinajstić information content (AvgIpc) is 2.48. The molecule has 22 heavy (non-hydrogen) atoms. The summed E-state index contributed by atoms with van der Waals surface area (Å²) in [6.07, 6.45) is 0. The van der Waals surface area contributed by atoms with E-state index in [1.165, 1.54) is 12.1 Å². The minimum atomic E-state index is -0.280. The molecule has 0 radical (unpaired) electrons. The number of aliphatic hydroxyl groups excluding tert-OH is 1. The summed E-state index contributed by atoms with van der Waals surface area (Å²) in [6, 6.07) is 3.25. The molecule has 1 amide bonds. The Morgan fingerprint density at radius 1 is 1.27 bits per heavy atom. The maximum Gasteiger partial charge on any atom is 0.257 e. The molecule has 1 saturated heterocycles. The number of rotatable bonds is 3. The molecule has 0 bridgehead atoms.